The predicted octanol–water partition coefficient (Wildman–Crippen LogP) is 1.60. The molecule has 0 bridgehead atoms. The zero-order valence-corrected chi connectivity index (χ0v) is 14.2. The molecule has 0 unspecified atom stereocenters. The summed E-state index contributed by atoms with van der Waals surface area (Å²) in [5.41, 5.74) is 1.23. The molecule has 130 valence electrons. The van der Waals surface area contributed by atoms with Crippen LogP contribution in [0.3, 0.4) is 0 Å². The monoisotopic (exact) mass is 361 g/mol. The minimum absolute atomic E-state index is 0.0938. The third-order valence-corrected chi connectivity index (χ3v) is 5.65. The van der Waals surface area contributed by atoms with Crippen LogP contribution in [0.5, 0.6) is 0 Å². The Labute approximate surface area is 145 Å². The first kappa shape index (κ1) is 16.0. The number of fused-ring (bicyclic) bond motifs is 2. The van der Waals surface area contributed by atoms with E-state index < -0.39 is 21.7 Å². The Bertz CT molecular complexity index is 950. The minimum Gasteiger partial charge on any atom is -0.331 e. The number of para-hydroxylation sites is 1. The number of sulfonamides is 1. The van der Waals surface area contributed by atoms with E-state index in [4.69, 9.17) is 0 Å². The normalized spacial score (nSPS) is 21.2. The van der Waals surface area contributed by atoms with Gasteiger partial charge in [-0.2, -0.15) is 0 Å². The summed E-state index contributed by atoms with van der Waals surface area (Å²) >= 11 is 0. The fraction of sp³-hybridized carbons (Fsp3) is 0.294. The SMILES string of the molecule is O=C(C1=CC=CN2CCS(=O)(=O)N=C12)N1CCCc2cccc(F)c21. The third-order valence-electron chi connectivity index (χ3n) is 4.50. The highest BCUT2D eigenvalue weighted by Crippen LogP contribution is 2.32. The molecule has 1 amide bonds. The summed E-state index contributed by atoms with van der Waals surface area (Å²) in [6, 6.07) is 4.76. The quantitative estimate of drug-likeness (QED) is 0.762. The second-order valence-corrected chi connectivity index (χ2v) is 7.88. The molecule has 0 aliphatic carbocycles. The van der Waals surface area contributed by atoms with Crippen LogP contribution in [-0.4, -0.2) is 43.9 Å². The number of rotatable bonds is 1. The van der Waals surface area contributed by atoms with Gasteiger partial charge in [-0.15, -0.1) is 4.40 Å². The van der Waals surface area contributed by atoms with Gasteiger partial charge in [0.05, 0.1) is 17.0 Å². The van der Waals surface area contributed by atoms with E-state index in [0.29, 0.717) is 13.0 Å². The molecule has 0 fully saturated rings. The summed E-state index contributed by atoms with van der Waals surface area (Å²) < 4.78 is 41.8. The lowest BCUT2D eigenvalue weighted by atomic mass is 9.99. The fourth-order valence-electron chi connectivity index (χ4n) is 3.34. The topological polar surface area (TPSA) is 70.0 Å². The van der Waals surface area contributed by atoms with Gasteiger partial charge in [0, 0.05) is 19.3 Å². The van der Waals surface area contributed by atoms with Crippen molar-refractivity contribution < 1.29 is 17.6 Å². The van der Waals surface area contributed by atoms with Crippen LogP contribution in [-0.2, 0) is 21.2 Å². The summed E-state index contributed by atoms with van der Waals surface area (Å²) in [4.78, 5) is 16.1. The minimum atomic E-state index is -3.59. The molecule has 0 radical (unpaired) electrons. The van der Waals surface area contributed by atoms with Crippen molar-refractivity contribution in [3.05, 3.63) is 53.5 Å². The number of allylic oxidation sites excluding steroid dienone is 2. The Morgan fingerprint density at radius 2 is 2.08 bits per heavy atom. The molecule has 1 aromatic carbocycles. The molecule has 1 aromatic rings. The molecule has 3 aliphatic heterocycles. The van der Waals surface area contributed by atoms with Crippen molar-refractivity contribution in [2.75, 3.05) is 23.7 Å². The van der Waals surface area contributed by atoms with E-state index >= 15 is 0 Å². The number of amides is 1. The lowest BCUT2D eigenvalue weighted by molar-refractivity contribution is -0.114. The first-order chi connectivity index (χ1) is 12.0. The number of benzene rings is 1. The number of halogens is 1. The molecule has 0 aromatic heterocycles. The van der Waals surface area contributed by atoms with Crippen molar-refractivity contribution in [2.24, 2.45) is 4.40 Å². The number of nitrogens with zero attached hydrogens (tertiary/aromatic N) is 3. The van der Waals surface area contributed by atoms with E-state index in [2.05, 4.69) is 4.40 Å². The van der Waals surface area contributed by atoms with Crippen LogP contribution in [0.15, 0.2) is 46.5 Å². The van der Waals surface area contributed by atoms with Crippen LogP contribution in [0.2, 0.25) is 0 Å². The van der Waals surface area contributed by atoms with Gasteiger partial charge >= 0.3 is 0 Å². The highest BCUT2D eigenvalue weighted by atomic mass is 32.2. The lowest BCUT2D eigenvalue weighted by Gasteiger charge is -2.34. The van der Waals surface area contributed by atoms with Crippen LogP contribution >= 0.6 is 0 Å². The van der Waals surface area contributed by atoms with E-state index in [1.807, 2.05) is 6.07 Å². The Hall–Kier alpha value is -2.48. The van der Waals surface area contributed by atoms with Gasteiger partial charge in [-0.3, -0.25) is 4.79 Å². The van der Waals surface area contributed by atoms with Crippen LogP contribution < -0.4 is 4.90 Å². The average molecular weight is 361 g/mol. The molecule has 0 N–H and O–H groups in total. The summed E-state index contributed by atoms with van der Waals surface area (Å²) in [6.45, 7) is 0.626. The molecule has 3 aliphatic rings. The molecule has 0 atom stereocenters. The van der Waals surface area contributed by atoms with Crippen molar-refractivity contribution in [1.82, 2.24) is 4.90 Å². The molecular weight excluding hydrogens is 345 g/mol. The number of carbonyl (C=O) groups is 1. The van der Waals surface area contributed by atoms with E-state index in [9.17, 15) is 17.6 Å². The van der Waals surface area contributed by atoms with Gasteiger partial charge in [0.1, 0.15) is 5.82 Å². The molecule has 8 heteroatoms. The number of amidine groups is 1. The third kappa shape index (κ3) is 2.76. The van der Waals surface area contributed by atoms with Crippen molar-refractivity contribution >= 4 is 27.5 Å². The van der Waals surface area contributed by atoms with E-state index in [-0.39, 0.29) is 29.4 Å². The van der Waals surface area contributed by atoms with Crippen molar-refractivity contribution in [2.45, 2.75) is 12.8 Å². The van der Waals surface area contributed by atoms with Gasteiger partial charge in [0.25, 0.3) is 15.9 Å². The van der Waals surface area contributed by atoms with Gasteiger partial charge < -0.3 is 9.80 Å². The van der Waals surface area contributed by atoms with Crippen LogP contribution in [0, 0.1) is 5.82 Å². The Morgan fingerprint density at radius 1 is 1.24 bits per heavy atom. The van der Waals surface area contributed by atoms with Crippen LogP contribution in [0.4, 0.5) is 10.1 Å². The van der Waals surface area contributed by atoms with Gasteiger partial charge in [-0.25, -0.2) is 12.8 Å². The smallest absolute Gasteiger partial charge is 0.262 e. The van der Waals surface area contributed by atoms with E-state index in [0.717, 1.165) is 12.0 Å². The van der Waals surface area contributed by atoms with Gasteiger partial charge in [0.15, 0.2) is 5.84 Å². The summed E-state index contributed by atoms with van der Waals surface area (Å²) in [5.74, 6) is -0.866. The molecule has 4 rings (SSSR count). The average Bonchev–Trinajstić information content (AvgIpc) is 2.60. The predicted molar refractivity (Wildman–Crippen MR) is 92.2 cm³/mol. The number of hydrogen-bond donors (Lipinski definition) is 0. The van der Waals surface area contributed by atoms with Crippen molar-refractivity contribution in [3.63, 3.8) is 0 Å². The van der Waals surface area contributed by atoms with Crippen LogP contribution in [0.25, 0.3) is 0 Å². The Kier molecular flexibility index (Phi) is 3.72. The number of aryl methyl sites for hydroxylation is 1. The van der Waals surface area contributed by atoms with Gasteiger partial charge in [0.2, 0.25) is 0 Å². The number of hydrogen-bond acceptors (Lipinski definition) is 4. The maximum Gasteiger partial charge on any atom is 0.262 e. The molecule has 3 heterocycles. The number of anilines is 1. The fourth-order valence-corrected chi connectivity index (χ4v) is 4.32. The summed E-state index contributed by atoms with van der Waals surface area (Å²) in [5, 5.41) is 0. The number of carbonyl (C=O) groups excluding carboxylic acids is 1. The maximum atomic E-state index is 14.3. The summed E-state index contributed by atoms with van der Waals surface area (Å²) in [7, 11) is -3.59. The maximum absolute atomic E-state index is 14.3. The molecule has 0 saturated carbocycles. The standard InChI is InChI=1S/C17H16FN3O3S/c18-14-7-1-4-12-5-2-9-21(15(12)14)17(22)13-6-3-8-20-10-11-25(23,24)19-16(13)20/h1,3-4,6-8H,2,5,9-11H2. The zero-order valence-electron chi connectivity index (χ0n) is 13.4. The molecule has 0 saturated heterocycles. The van der Waals surface area contributed by atoms with Gasteiger partial charge in [-0.05, 0) is 36.6 Å². The van der Waals surface area contributed by atoms with Gasteiger partial charge in [-0.1, -0.05) is 12.1 Å². The zero-order chi connectivity index (χ0) is 17.6. The van der Waals surface area contributed by atoms with Crippen molar-refractivity contribution in [1.29, 1.82) is 0 Å². The lowest BCUT2D eigenvalue weighted by Crippen LogP contribution is -2.45. The molecule has 0 spiro atoms. The van der Waals surface area contributed by atoms with E-state index in [1.165, 1.54) is 17.0 Å². The summed E-state index contributed by atoms with van der Waals surface area (Å²) in [6.07, 6.45) is 6.33. The first-order valence-corrected chi connectivity index (χ1v) is 9.64. The second kappa shape index (κ2) is 5.80. The molecular formula is C17H16FN3O3S. The second-order valence-electron chi connectivity index (χ2n) is 6.12. The Balaban J connectivity index is 1.77. The molecule has 6 nitrogen and oxygen atoms in total. The van der Waals surface area contributed by atoms with Crippen LogP contribution in [0.1, 0.15) is 12.0 Å². The highest BCUT2D eigenvalue weighted by Gasteiger charge is 2.34. The largest absolute Gasteiger partial charge is 0.331 e. The first-order valence-electron chi connectivity index (χ1n) is 8.04. The van der Waals surface area contributed by atoms with Crippen molar-refractivity contribution in [3.8, 4) is 0 Å². The highest BCUT2D eigenvalue weighted by molar-refractivity contribution is 7.90. The Morgan fingerprint density at radius 3 is 2.92 bits per heavy atom. The van der Waals surface area contributed by atoms with E-state index in [1.54, 1.807) is 23.2 Å². The molecule has 25 heavy (non-hydrogen) atoms.